The van der Waals surface area contributed by atoms with Gasteiger partial charge in [0.05, 0.1) is 6.61 Å². The largest absolute Gasteiger partial charge is 0.380 e. The van der Waals surface area contributed by atoms with Gasteiger partial charge in [-0.05, 0) is 30.7 Å². The van der Waals surface area contributed by atoms with Crippen LogP contribution in [0.25, 0.3) is 0 Å². The third-order valence-corrected chi connectivity index (χ3v) is 3.16. The zero-order valence-corrected chi connectivity index (χ0v) is 10.3. The Kier molecular flexibility index (Phi) is 6.45. The highest BCUT2D eigenvalue weighted by Crippen LogP contribution is 2.18. The molecule has 0 spiro atoms. The van der Waals surface area contributed by atoms with Gasteiger partial charge in [-0.15, -0.1) is 11.8 Å². The van der Waals surface area contributed by atoms with Gasteiger partial charge in [-0.1, -0.05) is 6.92 Å². The summed E-state index contributed by atoms with van der Waals surface area (Å²) in [6, 6.07) is 6.48. The molecule has 0 heterocycles. The van der Waals surface area contributed by atoms with E-state index in [4.69, 9.17) is 10.5 Å². The normalized spacial score (nSPS) is 12.7. The molecular formula is C12H18FNOS. The molecule has 90 valence electrons. The van der Waals surface area contributed by atoms with Gasteiger partial charge in [0.15, 0.2) is 0 Å². The molecule has 2 nitrogen and oxygen atoms in total. The Morgan fingerprint density at radius 2 is 2.06 bits per heavy atom. The minimum atomic E-state index is -0.208. The molecule has 0 aliphatic rings. The predicted molar refractivity (Wildman–Crippen MR) is 66.2 cm³/mol. The van der Waals surface area contributed by atoms with Gasteiger partial charge in [0.25, 0.3) is 0 Å². The smallest absolute Gasteiger partial charge is 0.123 e. The number of hydrogen-bond acceptors (Lipinski definition) is 3. The first-order valence-corrected chi connectivity index (χ1v) is 6.42. The van der Waals surface area contributed by atoms with Crippen LogP contribution in [0.1, 0.15) is 13.3 Å². The van der Waals surface area contributed by atoms with Gasteiger partial charge in [-0.2, -0.15) is 0 Å². The molecule has 0 radical (unpaired) electrons. The van der Waals surface area contributed by atoms with E-state index >= 15 is 0 Å². The zero-order valence-electron chi connectivity index (χ0n) is 9.49. The van der Waals surface area contributed by atoms with E-state index in [1.807, 2.05) is 0 Å². The summed E-state index contributed by atoms with van der Waals surface area (Å²) in [5.41, 5.74) is 5.87. The van der Waals surface area contributed by atoms with Crippen molar-refractivity contribution in [1.29, 1.82) is 0 Å². The third kappa shape index (κ3) is 5.49. The van der Waals surface area contributed by atoms with Crippen molar-refractivity contribution in [3.8, 4) is 0 Å². The number of thioether (sulfide) groups is 1. The quantitative estimate of drug-likeness (QED) is 0.590. The summed E-state index contributed by atoms with van der Waals surface area (Å²) in [7, 11) is 0. The van der Waals surface area contributed by atoms with Crippen LogP contribution in [0.2, 0.25) is 0 Å². The van der Waals surface area contributed by atoms with Crippen molar-refractivity contribution in [1.82, 2.24) is 0 Å². The highest BCUT2D eigenvalue weighted by molar-refractivity contribution is 7.99. The highest BCUT2D eigenvalue weighted by Gasteiger charge is 2.03. The number of nitrogens with two attached hydrogens (primary N) is 1. The topological polar surface area (TPSA) is 35.2 Å². The average Bonchev–Trinajstić information content (AvgIpc) is 2.29. The first kappa shape index (κ1) is 13.5. The summed E-state index contributed by atoms with van der Waals surface area (Å²) in [5.74, 6) is 0.579. The molecule has 1 aromatic carbocycles. The first-order valence-electron chi connectivity index (χ1n) is 5.44. The van der Waals surface area contributed by atoms with Gasteiger partial charge in [-0.3, -0.25) is 0 Å². The number of ether oxygens (including phenoxy) is 1. The van der Waals surface area contributed by atoms with E-state index in [9.17, 15) is 4.39 Å². The van der Waals surface area contributed by atoms with Crippen molar-refractivity contribution in [3.05, 3.63) is 30.1 Å². The molecule has 0 fully saturated rings. The first-order chi connectivity index (χ1) is 7.72. The number of benzene rings is 1. The van der Waals surface area contributed by atoms with Gasteiger partial charge in [0.1, 0.15) is 5.82 Å². The molecule has 16 heavy (non-hydrogen) atoms. The fraction of sp³-hybridized carbons (Fsp3) is 0.500. The molecule has 0 saturated carbocycles. The molecule has 2 N–H and O–H groups in total. The van der Waals surface area contributed by atoms with Gasteiger partial charge in [-0.25, -0.2) is 4.39 Å². The van der Waals surface area contributed by atoms with Crippen molar-refractivity contribution < 1.29 is 9.13 Å². The molecular weight excluding hydrogens is 225 g/mol. The highest BCUT2D eigenvalue weighted by atomic mass is 32.2. The Bertz CT molecular complexity index is 292. The molecule has 0 aliphatic carbocycles. The Labute approximate surface area is 100 Å². The second-order valence-corrected chi connectivity index (χ2v) is 4.69. The van der Waals surface area contributed by atoms with Gasteiger partial charge < -0.3 is 10.5 Å². The van der Waals surface area contributed by atoms with Crippen LogP contribution in [-0.2, 0) is 4.74 Å². The summed E-state index contributed by atoms with van der Waals surface area (Å²) in [6.07, 6.45) is 1.01. The van der Waals surface area contributed by atoms with Crippen LogP contribution in [0.5, 0.6) is 0 Å². The summed E-state index contributed by atoms with van der Waals surface area (Å²) in [5, 5.41) is 0. The van der Waals surface area contributed by atoms with Crippen LogP contribution >= 0.6 is 11.8 Å². The van der Waals surface area contributed by atoms with E-state index in [2.05, 4.69) is 6.92 Å². The summed E-state index contributed by atoms with van der Waals surface area (Å²) < 4.78 is 18.0. The number of halogens is 1. The van der Waals surface area contributed by atoms with Crippen LogP contribution in [0.3, 0.4) is 0 Å². The van der Waals surface area contributed by atoms with Crippen LogP contribution < -0.4 is 5.73 Å². The van der Waals surface area contributed by atoms with Crippen LogP contribution in [0.4, 0.5) is 4.39 Å². The van der Waals surface area contributed by atoms with E-state index < -0.39 is 0 Å². The molecule has 4 heteroatoms. The minimum Gasteiger partial charge on any atom is -0.380 e. The Morgan fingerprint density at radius 1 is 1.38 bits per heavy atom. The summed E-state index contributed by atoms with van der Waals surface area (Å²) in [4.78, 5) is 1.03. The maximum Gasteiger partial charge on any atom is 0.123 e. The molecule has 0 saturated heterocycles. The van der Waals surface area contributed by atoms with E-state index in [-0.39, 0.29) is 11.9 Å². The van der Waals surface area contributed by atoms with Crippen molar-refractivity contribution in [2.24, 2.45) is 5.73 Å². The second-order valence-electron chi connectivity index (χ2n) is 3.60. The van der Waals surface area contributed by atoms with Crippen molar-refractivity contribution in [2.75, 3.05) is 19.0 Å². The molecule has 0 aromatic heterocycles. The van der Waals surface area contributed by atoms with E-state index in [1.54, 1.807) is 23.9 Å². The molecule has 1 unspecified atom stereocenters. The van der Waals surface area contributed by atoms with E-state index in [0.29, 0.717) is 6.61 Å². The summed E-state index contributed by atoms with van der Waals surface area (Å²) >= 11 is 1.62. The Morgan fingerprint density at radius 3 is 2.69 bits per heavy atom. The molecule has 1 atom stereocenters. The lowest BCUT2D eigenvalue weighted by atomic mass is 10.3. The monoisotopic (exact) mass is 243 g/mol. The zero-order chi connectivity index (χ0) is 11.8. The van der Waals surface area contributed by atoms with Gasteiger partial charge >= 0.3 is 0 Å². The molecule has 0 aliphatic heterocycles. The van der Waals surface area contributed by atoms with Crippen LogP contribution in [0, 0.1) is 5.82 Å². The van der Waals surface area contributed by atoms with Crippen LogP contribution in [-0.4, -0.2) is 25.0 Å². The Hall–Kier alpha value is -0.580. The molecule has 0 amide bonds. The molecule has 1 aromatic rings. The molecule has 0 bridgehead atoms. The lowest BCUT2D eigenvalue weighted by Crippen LogP contribution is -2.28. The van der Waals surface area contributed by atoms with Gasteiger partial charge in [0, 0.05) is 23.3 Å². The van der Waals surface area contributed by atoms with Gasteiger partial charge in [0.2, 0.25) is 0 Å². The van der Waals surface area contributed by atoms with Crippen LogP contribution in [0.15, 0.2) is 29.2 Å². The fourth-order valence-corrected chi connectivity index (χ4v) is 1.99. The SMILES string of the molecule is CCCOCC(N)CSc1ccc(F)cc1. The van der Waals surface area contributed by atoms with E-state index in [1.165, 1.54) is 12.1 Å². The number of rotatable bonds is 7. The standard InChI is InChI=1S/C12H18FNOS/c1-2-7-15-8-11(14)9-16-12-5-3-10(13)4-6-12/h3-6,11H,2,7-9,14H2,1H3. The summed E-state index contributed by atoms with van der Waals surface area (Å²) in [6.45, 7) is 3.41. The fourth-order valence-electron chi connectivity index (χ4n) is 1.16. The maximum atomic E-state index is 12.6. The van der Waals surface area contributed by atoms with E-state index in [0.717, 1.165) is 23.7 Å². The molecule has 1 rings (SSSR count). The minimum absolute atomic E-state index is 0.0293. The maximum absolute atomic E-state index is 12.6. The third-order valence-electron chi connectivity index (χ3n) is 1.96. The predicted octanol–water partition coefficient (Wildman–Crippen LogP) is 2.67. The van der Waals surface area contributed by atoms with Crippen molar-refractivity contribution in [3.63, 3.8) is 0 Å². The average molecular weight is 243 g/mol. The van der Waals surface area contributed by atoms with Crippen molar-refractivity contribution in [2.45, 2.75) is 24.3 Å². The lowest BCUT2D eigenvalue weighted by molar-refractivity contribution is 0.126. The Balaban J connectivity index is 2.20. The lowest BCUT2D eigenvalue weighted by Gasteiger charge is -2.11. The van der Waals surface area contributed by atoms with Crippen molar-refractivity contribution >= 4 is 11.8 Å². The second kappa shape index (κ2) is 7.65. The number of hydrogen-bond donors (Lipinski definition) is 1.